The molecule has 0 radical (unpaired) electrons. The van der Waals surface area contributed by atoms with Crippen LogP contribution >= 0.6 is 11.3 Å². The van der Waals surface area contributed by atoms with E-state index in [9.17, 15) is 8.42 Å². The van der Waals surface area contributed by atoms with Gasteiger partial charge in [0.1, 0.15) is 4.21 Å². The summed E-state index contributed by atoms with van der Waals surface area (Å²) in [6.45, 7) is 7.23. The Labute approximate surface area is 153 Å². The Hall–Kier alpha value is -1.16. The average molecular weight is 387 g/mol. The predicted octanol–water partition coefficient (Wildman–Crippen LogP) is 1.33. The van der Waals surface area contributed by atoms with Crippen molar-refractivity contribution in [3.63, 3.8) is 0 Å². The van der Waals surface area contributed by atoms with Gasteiger partial charge >= 0.3 is 0 Å². The lowest BCUT2D eigenvalue weighted by atomic mass is 10.4. The molecule has 0 aliphatic carbocycles. The quantitative estimate of drug-likeness (QED) is 0.610. The van der Waals surface area contributed by atoms with Crippen molar-refractivity contribution in [2.45, 2.75) is 30.5 Å². The Morgan fingerprint density at radius 1 is 1.24 bits per heavy atom. The Kier molecular flexibility index (Phi) is 6.32. The highest BCUT2D eigenvalue weighted by Gasteiger charge is 2.27. The highest BCUT2D eigenvalue weighted by atomic mass is 32.2. The predicted molar refractivity (Wildman–Crippen MR) is 99.5 cm³/mol. The molecule has 2 aliphatic heterocycles. The Morgan fingerprint density at radius 2 is 1.96 bits per heavy atom. The highest BCUT2D eigenvalue weighted by molar-refractivity contribution is 7.91. The molecule has 3 heterocycles. The molecule has 7 nitrogen and oxygen atoms in total. The normalized spacial score (nSPS) is 20.2. The summed E-state index contributed by atoms with van der Waals surface area (Å²) in [6, 6.07) is 3.57. The van der Waals surface area contributed by atoms with Gasteiger partial charge in [-0.3, -0.25) is 0 Å². The first-order valence-corrected chi connectivity index (χ1v) is 11.1. The van der Waals surface area contributed by atoms with Gasteiger partial charge in [0.2, 0.25) is 0 Å². The zero-order valence-electron chi connectivity index (χ0n) is 14.6. The van der Waals surface area contributed by atoms with E-state index < -0.39 is 10.0 Å². The second-order valence-corrected chi connectivity index (χ2v) is 9.43. The maximum Gasteiger partial charge on any atom is 0.252 e. The van der Waals surface area contributed by atoms with Crippen LogP contribution in [0.15, 0.2) is 21.3 Å². The number of guanidine groups is 1. The topological polar surface area (TPSA) is 74.2 Å². The van der Waals surface area contributed by atoms with E-state index >= 15 is 0 Å². The van der Waals surface area contributed by atoms with Gasteiger partial charge in [-0.1, -0.05) is 0 Å². The molecule has 2 aliphatic rings. The van der Waals surface area contributed by atoms with Crippen molar-refractivity contribution in [1.82, 2.24) is 14.5 Å². The van der Waals surface area contributed by atoms with Gasteiger partial charge in [0.15, 0.2) is 5.96 Å². The zero-order chi connectivity index (χ0) is 17.7. The van der Waals surface area contributed by atoms with Gasteiger partial charge in [0.05, 0.1) is 19.8 Å². The van der Waals surface area contributed by atoms with E-state index in [1.54, 1.807) is 6.07 Å². The van der Waals surface area contributed by atoms with Crippen LogP contribution in [0.4, 0.5) is 0 Å². The SMILES string of the molecule is CCNC(=NCc1ccc(S(=O)(=O)N2CCOCC2)s1)N1CCCC1. The summed E-state index contributed by atoms with van der Waals surface area (Å²) in [6.07, 6.45) is 2.40. The van der Waals surface area contributed by atoms with Gasteiger partial charge in [0, 0.05) is 37.6 Å². The molecule has 0 unspecified atom stereocenters. The zero-order valence-corrected chi connectivity index (χ0v) is 16.2. The van der Waals surface area contributed by atoms with Crippen LogP contribution in [-0.2, 0) is 21.3 Å². The summed E-state index contributed by atoms with van der Waals surface area (Å²) in [5.74, 6) is 0.922. The van der Waals surface area contributed by atoms with E-state index in [0.29, 0.717) is 37.1 Å². The number of ether oxygens (including phenoxy) is 1. The first kappa shape index (κ1) is 18.6. The average Bonchev–Trinajstić information content (AvgIpc) is 3.31. The number of nitrogens with zero attached hydrogens (tertiary/aromatic N) is 3. The van der Waals surface area contributed by atoms with Crippen LogP contribution in [0.25, 0.3) is 0 Å². The third-order valence-corrected chi connectivity index (χ3v) is 7.76. The van der Waals surface area contributed by atoms with E-state index in [0.717, 1.165) is 30.5 Å². The minimum absolute atomic E-state index is 0.394. The largest absolute Gasteiger partial charge is 0.379 e. The smallest absolute Gasteiger partial charge is 0.252 e. The number of hydrogen-bond donors (Lipinski definition) is 1. The summed E-state index contributed by atoms with van der Waals surface area (Å²) in [5.41, 5.74) is 0. The molecule has 1 aromatic heterocycles. The summed E-state index contributed by atoms with van der Waals surface area (Å²) in [4.78, 5) is 7.91. The van der Waals surface area contributed by atoms with Crippen LogP contribution in [-0.4, -0.2) is 69.5 Å². The van der Waals surface area contributed by atoms with Gasteiger partial charge in [-0.05, 0) is 31.9 Å². The molecule has 9 heteroatoms. The number of nitrogens with one attached hydrogen (secondary N) is 1. The number of aliphatic imine (C=N–C) groups is 1. The van der Waals surface area contributed by atoms with E-state index in [4.69, 9.17) is 4.74 Å². The van der Waals surface area contributed by atoms with Crippen molar-refractivity contribution in [3.05, 3.63) is 17.0 Å². The summed E-state index contributed by atoms with van der Waals surface area (Å²) in [7, 11) is -3.41. The van der Waals surface area contributed by atoms with Crippen molar-refractivity contribution < 1.29 is 13.2 Å². The molecule has 2 fully saturated rings. The number of rotatable bonds is 5. The summed E-state index contributed by atoms with van der Waals surface area (Å²) < 4.78 is 32.5. The Morgan fingerprint density at radius 3 is 2.64 bits per heavy atom. The molecule has 0 spiro atoms. The number of morpholine rings is 1. The first-order valence-electron chi connectivity index (χ1n) is 8.81. The molecule has 2 saturated heterocycles. The van der Waals surface area contributed by atoms with Gasteiger partial charge in [-0.25, -0.2) is 13.4 Å². The fraction of sp³-hybridized carbons (Fsp3) is 0.688. The number of hydrogen-bond acceptors (Lipinski definition) is 5. The van der Waals surface area contributed by atoms with E-state index in [1.807, 2.05) is 6.07 Å². The van der Waals surface area contributed by atoms with E-state index in [-0.39, 0.29) is 0 Å². The number of thiophene rings is 1. The van der Waals surface area contributed by atoms with Gasteiger partial charge < -0.3 is 15.0 Å². The molecule has 1 aromatic rings. The summed E-state index contributed by atoms with van der Waals surface area (Å²) in [5, 5.41) is 3.32. The van der Waals surface area contributed by atoms with Crippen molar-refractivity contribution >= 4 is 27.3 Å². The lowest BCUT2D eigenvalue weighted by molar-refractivity contribution is 0.0731. The van der Waals surface area contributed by atoms with Crippen LogP contribution in [0.5, 0.6) is 0 Å². The van der Waals surface area contributed by atoms with Gasteiger partial charge in [0.25, 0.3) is 10.0 Å². The third-order valence-electron chi connectivity index (χ3n) is 4.33. The van der Waals surface area contributed by atoms with Crippen molar-refractivity contribution in [1.29, 1.82) is 0 Å². The molecule has 25 heavy (non-hydrogen) atoms. The molecular weight excluding hydrogens is 360 g/mol. The van der Waals surface area contributed by atoms with Crippen molar-refractivity contribution in [2.24, 2.45) is 4.99 Å². The molecule has 0 saturated carbocycles. The van der Waals surface area contributed by atoms with Crippen molar-refractivity contribution in [3.8, 4) is 0 Å². The number of likely N-dealkylation sites (tertiary alicyclic amines) is 1. The van der Waals surface area contributed by atoms with Crippen LogP contribution in [0.2, 0.25) is 0 Å². The molecule has 0 aromatic carbocycles. The molecule has 0 bridgehead atoms. The number of sulfonamides is 1. The third kappa shape index (κ3) is 4.52. The fourth-order valence-corrected chi connectivity index (χ4v) is 5.85. The lowest BCUT2D eigenvalue weighted by Gasteiger charge is -2.25. The van der Waals surface area contributed by atoms with Gasteiger partial charge in [-0.2, -0.15) is 4.31 Å². The molecule has 0 atom stereocenters. The maximum atomic E-state index is 12.7. The van der Waals surface area contributed by atoms with Crippen molar-refractivity contribution in [2.75, 3.05) is 45.9 Å². The Bertz CT molecular complexity index is 690. The summed E-state index contributed by atoms with van der Waals surface area (Å²) >= 11 is 1.31. The Balaban J connectivity index is 1.69. The van der Waals surface area contributed by atoms with Crippen LogP contribution < -0.4 is 5.32 Å². The van der Waals surface area contributed by atoms with E-state index in [2.05, 4.69) is 22.1 Å². The molecule has 1 N–H and O–H groups in total. The van der Waals surface area contributed by atoms with E-state index in [1.165, 1.54) is 28.5 Å². The minimum Gasteiger partial charge on any atom is -0.379 e. The fourth-order valence-electron chi connectivity index (χ4n) is 3.00. The van der Waals surface area contributed by atoms with Gasteiger partial charge in [-0.15, -0.1) is 11.3 Å². The molecule has 3 rings (SSSR count). The molecule has 140 valence electrons. The standard InChI is InChI=1S/C16H26N4O3S2/c1-2-17-16(19-7-3-4-8-19)18-13-14-5-6-15(24-14)25(21,22)20-9-11-23-12-10-20/h5-6H,2-4,7-13H2,1H3,(H,17,18). The maximum absolute atomic E-state index is 12.7. The minimum atomic E-state index is -3.41. The second-order valence-electron chi connectivity index (χ2n) is 6.10. The van der Waals surface area contributed by atoms with Crippen LogP contribution in [0.1, 0.15) is 24.6 Å². The van der Waals surface area contributed by atoms with Crippen LogP contribution in [0, 0.1) is 0 Å². The second kappa shape index (κ2) is 8.48. The lowest BCUT2D eigenvalue weighted by Crippen LogP contribution is -2.40. The molecule has 0 amide bonds. The molecular formula is C16H26N4O3S2. The highest BCUT2D eigenvalue weighted by Crippen LogP contribution is 2.26. The van der Waals surface area contributed by atoms with Crippen LogP contribution in [0.3, 0.4) is 0 Å². The monoisotopic (exact) mass is 386 g/mol. The first-order chi connectivity index (χ1) is 12.1.